The molecule has 12 nitrogen and oxygen atoms in total. The number of piperazine rings is 1. The van der Waals surface area contributed by atoms with Gasteiger partial charge in [0.2, 0.25) is 0 Å². The van der Waals surface area contributed by atoms with Crippen molar-refractivity contribution >= 4 is 41.4 Å². The molecule has 0 spiro atoms. The summed E-state index contributed by atoms with van der Waals surface area (Å²) in [7, 11) is 0. The lowest BCUT2D eigenvalue weighted by Crippen LogP contribution is -2.56. The van der Waals surface area contributed by atoms with E-state index in [1.807, 2.05) is 80.0 Å². The number of aryl methyl sites for hydroxylation is 1. The highest BCUT2D eigenvalue weighted by Crippen LogP contribution is 2.27. The normalized spacial score (nSPS) is 20.1. The number of ether oxygens (including phenoxy) is 2. The fourth-order valence-corrected chi connectivity index (χ4v) is 7.91. The van der Waals surface area contributed by atoms with Crippen molar-refractivity contribution in [2.24, 2.45) is 0 Å². The van der Waals surface area contributed by atoms with Gasteiger partial charge in [0.25, 0.3) is 5.91 Å². The first-order valence-electron chi connectivity index (χ1n) is 18.7. The minimum Gasteiger partial charge on any atom is -0.444 e. The molecule has 4 aliphatic rings. The number of urea groups is 1. The van der Waals surface area contributed by atoms with Crippen LogP contribution in [0.25, 0.3) is 0 Å². The fourth-order valence-electron chi connectivity index (χ4n) is 7.70. The number of rotatable bonds is 6. The Hall–Kier alpha value is -4.03. The van der Waals surface area contributed by atoms with Crippen LogP contribution in [0.5, 0.6) is 0 Å². The van der Waals surface area contributed by atoms with E-state index in [9.17, 15) is 19.2 Å². The Morgan fingerprint density at radius 2 is 1.46 bits per heavy atom. The number of carbonyl (C=O) groups is 4. The smallest absolute Gasteiger partial charge is 0.410 e. The molecule has 2 aromatic carbocycles. The number of piperidine rings is 2. The molecule has 13 heteroatoms. The molecule has 0 saturated carbocycles. The number of hydrogen-bond acceptors (Lipinski definition) is 7. The van der Waals surface area contributed by atoms with E-state index in [2.05, 4.69) is 10.2 Å². The van der Waals surface area contributed by atoms with Crippen LogP contribution in [0.15, 0.2) is 42.5 Å². The van der Waals surface area contributed by atoms with Crippen molar-refractivity contribution < 1.29 is 28.7 Å². The topological polar surface area (TPSA) is 115 Å². The molecule has 0 aromatic heterocycles. The third-order valence-electron chi connectivity index (χ3n) is 10.7. The molecule has 52 heavy (non-hydrogen) atoms. The van der Waals surface area contributed by atoms with Crippen LogP contribution in [-0.2, 0) is 27.1 Å². The van der Waals surface area contributed by atoms with E-state index in [1.54, 1.807) is 9.80 Å². The first-order valence-corrected chi connectivity index (χ1v) is 19.1. The average Bonchev–Trinajstić information content (AvgIpc) is 3.30. The van der Waals surface area contributed by atoms with Crippen molar-refractivity contribution in [3.63, 3.8) is 0 Å². The number of amides is 5. The summed E-state index contributed by atoms with van der Waals surface area (Å²) in [5, 5.41) is 3.65. The summed E-state index contributed by atoms with van der Waals surface area (Å²) in [6.07, 6.45) is 2.08. The minimum absolute atomic E-state index is 0.00655. The Labute approximate surface area is 312 Å². The Balaban J connectivity index is 1.03. The monoisotopic (exact) mass is 736 g/mol. The van der Waals surface area contributed by atoms with Crippen molar-refractivity contribution in [2.45, 2.75) is 90.0 Å². The Bertz CT molecular complexity index is 1610. The van der Waals surface area contributed by atoms with E-state index in [4.69, 9.17) is 21.1 Å². The first kappa shape index (κ1) is 37.7. The average molecular weight is 737 g/mol. The summed E-state index contributed by atoms with van der Waals surface area (Å²) in [6, 6.07) is 13.8. The fraction of sp³-hybridized carbons (Fsp3) is 0.590. The SMILES string of the molecule is Cc1ccc(CC(OC(=O)N2CCC(N3CCc4ccccc4NC3=O)CC2)C(=O)N2CCC(N3CCN(C(=O)OC(C)(C)C)CC3)CC2)cc1Cl. The lowest BCUT2D eigenvalue weighted by atomic mass is 10.00. The maximum absolute atomic E-state index is 14.1. The van der Waals surface area contributed by atoms with Gasteiger partial charge in [-0.05, 0) is 88.6 Å². The first-order chi connectivity index (χ1) is 24.8. The number of halogens is 1. The highest BCUT2D eigenvalue weighted by atomic mass is 35.5. The highest BCUT2D eigenvalue weighted by molar-refractivity contribution is 6.31. The van der Waals surface area contributed by atoms with Crippen LogP contribution in [0.1, 0.15) is 63.1 Å². The number of para-hydroxylation sites is 1. The van der Waals surface area contributed by atoms with Crippen LogP contribution in [0.3, 0.4) is 0 Å². The zero-order chi connectivity index (χ0) is 37.0. The van der Waals surface area contributed by atoms with Crippen LogP contribution >= 0.6 is 11.6 Å². The molecule has 4 aliphatic heterocycles. The molecule has 3 fully saturated rings. The quantitative estimate of drug-likeness (QED) is 0.399. The van der Waals surface area contributed by atoms with Gasteiger partial charge >= 0.3 is 18.2 Å². The summed E-state index contributed by atoms with van der Waals surface area (Å²) in [5.74, 6) is -0.200. The van der Waals surface area contributed by atoms with Gasteiger partial charge in [-0.3, -0.25) is 9.69 Å². The van der Waals surface area contributed by atoms with Gasteiger partial charge in [0.15, 0.2) is 6.10 Å². The van der Waals surface area contributed by atoms with Gasteiger partial charge in [0.1, 0.15) is 5.60 Å². The molecule has 1 unspecified atom stereocenters. The molecule has 1 N–H and O–H groups in total. The number of hydrogen-bond donors (Lipinski definition) is 1. The molecule has 6 rings (SSSR count). The number of nitrogens with zero attached hydrogens (tertiary/aromatic N) is 5. The molecule has 5 amide bonds. The Morgan fingerprint density at radius 3 is 2.13 bits per heavy atom. The Morgan fingerprint density at radius 1 is 0.827 bits per heavy atom. The van der Waals surface area contributed by atoms with Crippen LogP contribution in [0, 0.1) is 6.92 Å². The zero-order valence-electron chi connectivity index (χ0n) is 30.9. The summed E-state index contributed by atoms with van der Waals surface area (Å²) in [5.41, 5.74) is 3.20. The second kappa shape index (κ2) is 16.3. The van der Waals surface area contributed by atoms with Crippen molar-refractivity contribution in [3.8, 4) is 0 Å². The van der Waals surface area contributed by atoms with Gasteiger partial charge < -0.3 is 34.4 Å². The molecular weight excluding hydrogens is 684 g/mol. The Kier molecular flexibility index (Phi) is 11.8. The predicted octanol–water partition coefficient (Wildman–Crippen LogP) is 5.79. The maximum atomic E-state index is 14.1. The molecule has 0 radical (unpaired) electrons. The van der Waals surface area contributed by atoms with Crippen LogP contribution in [0.2, 0.25) is 5.02 Å². The van der Waals surface area contributed by atoms with Crippen LogP contribution < -0.4 is 5.32 Å². The second-order valence-corrected chi connectivity index (χ2v) is 15.9. The number of benzene rings is 2. The van der Waals surface area contributed by atoms with Crippen LogP contribution in [-0.4, -0.2) is 131 Å². The summed E-state index contributed by atoms with van der Waals surface area (Å²) >= 11 is 6.44. The van der Waals surface area contributed by atoms with E-state index in [1.165, 1.54) is 0 Å². The van der Waals surface area contributed by atoms with Crippen molar-refractivity contribution in [3.05, 3.63) is 64.2 Å². The van der Waals surface area contributed by atoms with Crippen molar-refractivity contribution in [2.75, 3.05) is 64.2 Å². The second-order valence-electron chi connectivity index (χ2n) is 15.5. The third kappa shape index (κ3) is 9.30. The maximum Gasteiger partial charge on any atom is 0.410 e. The van der Waals surface area contributed by atoms with Crippen molar-refractivity contribution in [1.82, 2.24) is 24.5 Å². The van der Waals surface area contributed by atoms with Gasteiger partial charge in [-0.15, -0.1) is 0 Å². The summed E-state index contributed by atoms with van der Waals surface area (Å²) in [6.45, 7) is 12.9. The minimum atomic E-state index is -0.993. The zero-order valence-corrected chi connectivity index (χ0v) is 31.7. The van der Waals surface area contributed by atoms with E-state index in [0.29, 0.717) is 69.7 Å². The summed E-state index contributed by atoms with van der Waals surface area (Å²) in [4.78, 5) is 62.9. The lowest BCUT2D eigenvalue weighted by Gasteiger charge is -2.43. The van der Waals surface area contributed by atoms with Gasteiger partial charge in [-0.1, -0.05) is 41.9 Å². The molecule has 1 atom stereocenters. The lowest BCUT2D eigenvalue weighted by molar-refractivity contribution is -0.142. The molecule has 0 aliphatic carbocycles. The van der Waals surface area contributed by atoms with E-state index in [0.717, 1.165) is 54.7 Å². The largest absolute Gasteiger partial charge is 0.444 e. The van der Waals surface area contributed by atoms with Crippen molar-refractivity contribution in [1.29, 1.82) is 0 Å². The molecule has 2 aromatic rings. The standard InChI is InChI=1S/C39H53ClN6O6/c1-27-9-10-28(25-32(27)40)26-34(35(47)43-16-12-30(13-17-43)42-21-23-45(24-22-42)38(50)52-39(2,3)4)51-37(49)44-18-14-31(15-19-44)46-20-11-29-7-5-6-8-33(29)41-36(46)48/h5-10,25,30-31,34H,11-24,26H2,1-4H3,(H,41,48). The summed E-state index contributed by atoms with van der Waals surface area (Å²) < 4.78 is 11.6. The highest BCUT2D eigenvalue weighted by Gasteiger charge is 2.37. The third-order valence-corrected chi connectivity index (χ3v) is 11.1. The number of fused-ring (bicyclic) bond motifs is 1. The predicted molar refractivity (Wildman–Crippen MR) is 200 cm³/mol. The number of carbonyl (C=O) groups excluding carboxylic acids is 4. The van der Waals surface area contributed by atoms with E-state index >= 15 is 0 Å². The van der Waals surface area contributed by atoms with E-state index in [-0.39, 0.29) is 30.5 Å². The van der Waals surface area contributed by atoms with Crippen LogP contribution in [0.4, 0.5) is 20.1 Å². The molecule has 282 valence electrons. The van der Waals surface area contributed by atoms with E-state index < -0.39 is 17.8 Å². The molecule has 0 bridgehead atoms. The van der Waals surface area contributed by atoms with Gasteiger partial charge in [0.05, 0.1) is 0 Å². The number of likely N-dealkylation sites (tertiary alicyclic amines) is 2. The molecular formula is C39H53ClN6O6. The number of nitrogens with one attached hydrogen (secondary N) is 1. The van der Waals surface area contributed by atoms with Gasteiger partial charge in [0, 0.05) is 88.1 Å². The van der Waals surface area contributed by atoms with Gasteiger partial charge in [-0.25, -0.2) is 14.4 Å². The number of anilines is 1. The van der Waals surface area contributed by atoms with Gasteiger partial charge in [-0.2, -0.15) is 0 Å². The molecule has 4 heterocycles. The molecule has 3 saturated heterocycles.